The third-order valence-electron chi connectivity index (χ3n) is 3.78. The minimum Gasteiger partial charge on any atom is -0.496 e. The number of nitro benzene ring substituents is 1. The first-order valence-corrected chi connectivity index (χ1v) is 9.47. The molecule has 0 bridgehead atoms. The summed E-state index contributed by atoms with van der Waals surface area (Å²) >= 11 is 6.92. The van der Waals surface area contributed by atoms with Crippen molar-refractivity contribution in [1.82, 2.24) is 14.9 Å². The average Bonchev–Trinajstić information content (AvgIpc) is 3.07. The second kappa shape index (κ2) is 8.80. The van der Waals surface area contributed by atoms with Crippen LogP contribution in [0.25, 0.3) is 11.4 Å². The van der Waals surface area contributed by atoms with Gasteiger partial charge in [-0.25, -0.2) is 4.68 Å². The summed E-state index contributed by atoms with van der Waals surface area (Å²) in [6, 6.07) is 11.1. The van der Waals surface area contributed by atoms with Crippen LogP contribution in [0.4, 0.5) is 11.4 Å². The van der Waals surface area contributed by atoms with E-state index in [1.807, 2.05) is 0 Å². The van der Waals surface area contributed by atoms with E-state index in [0.29, 0.717) is 21.8 Å². The highest BCUT2D eigenvalue weighted by molar-refractivity contribution is 7.99. The first kappa shape index (κ1) is 20.4. The fraction of sp³-hybridized carbons (Fsp3) is 0.118. The van der Waals surface area contributed by atoms with Gasteiger partial charge >= 0.3 is 0 Å². The van der Waals surface area contributed by atoms with E-state index >= 15 is 0 Å². The van der Waals surface area contributed by atoms with Gasteiger partial charge in [0.15, 0.2) is 5.82 Å². The topological polar surface area (TPSA) is 138 Å². The number of nitrogen functional groups attached to an aromatic ring is 1. The number of methoxy groups -OCH3 is 1. The number of hydrogen-bond donors (Lipinski definition) is 2. The van der Waals surface area contributed by atoms with Crippen LogP contribution in [-0.2, 0) is 4.79 Å². The third-order valence-corrected chi connectivity index (χ3v) is 4.97. The quantitative estimate of drug-likeness (QED) is 0.250. The van der Waals surface area contributed by atoms with Crippen LogP contribution in [-0.4, -0.2) is 38.6 Å². The minimum absolute atomic E-state index is 0.0671. The summed E-state index contributed by atoms with van der Waals surface area (Å²) in [7, 11) is 1.40. The van der Waals surface area contributed by atoms with Gasteiger partial charge in [-0.3, -0.25) is 14.9 Å². The number of nitro groups is 1. The van der Waals surface area contributed by atoms with E-state index in [-0.39, 0.29) is 17.1 Å². The number of carbonyl (C=O) groups is 1. The summed E-state index contributed by atoms with van der Waals surface area (Å²) < 4.78 is 6.23. The van der Waals surface area contributed by atoms with E-state index in [2.05, 4.69) is 15.5 Å². The Labute approximate surface area is 174 Å². The van der Waals surface area contributed by atoms with Crippen LogP contribution in [0, 0.1) is 10.1 Å². The summed E-state index contributed by atoms with van der Waals surface area (Å²) in [6.45, 7) is 0. The summed E-state index contributed by atoms with van der Waals surface area (Å²) in [5, 5.41) is 22.6. The van der Waals surface area contributed by atoms with Crippen LogP contribution < -0.4 is 15.9 Å². The van der Waals surface area contributed by atoms with Crippen molar-refractivity contribution in [2.45, 2.75) is 5.16 Å². The Hall–Kier alpha value is -3.31. The number of amides is 1. The molecule has 29 heavy (non-hydrogen) atoms. The second-order valence-electron chi connectivity index (χ2n) is 5.66. The number of carbonyl (C=O) groups excluding carboxylic acids is 1. The van der Waals surface area contributed by atoms with E-state index in [9.17, 15) is 14.9 Å². The van der Waals surface area contributed by atoms with Crippen molar-refractivity contribution in [3.63, 3.8) is 0 Å². The molecule has 0 unspecified atom stereocenters. The average molecular weight is 435 g/mol. The van der Waals surface area contributed by atoms with Gasteiger partial charge in [0.25, 0.3) is 5.69 Å². The highest BCUT2D eigenvalue weighted by Gasteiger charge is 2.18. The lowest BCUT2D eigenvalue weighted by Crippen LogP contribution is -2.17. The number of halogens is 1. The van der Waals surface area contributed by atoms with Crippen molar-refractivity contribution >= 4 is 40.6 Å². The lowest BCUT2D eigenvalue weighted by Gasteiger charge is -2.07. The maximum Gasteiger partial charge on any atom is 0.296 e. The van der Waals surface area contributed by atoms with E-state index in [0.717, 1.165) is 17.3 Å². The van der Waals surface area contributed by atoms with Crippen LogP contribution in [0.3, 0.4) is 0 Å². The minimum atomic E-state index is -0.597. The zero-order chi connectivity index (χ0) is 21.0. The van der Waals surface area contributed by atoms with Gasteiger partial charge in [0.1, 0.15) is 11.4 Å². The van der Waals surface area contributed by atoms with Crippen LogP contribution in [0.2, 0.25) is 5.02 Å². The maximum atomic E-state index is 12.2. The highest BCUT2D eigenvalue weighted by atomic mass is 35.5. The summed E-state index contributed by atoms with van der Waals surface area (Å²) in [6.07, 6.45) is 0. The molecule has 150 valence electrons. The van der Waals surface area contributed by atoms with Gasteiger partial charge in [-0.05, 0) is 36.4 Å². The first-order chi connectivity index (χ1) is 13.9. The summed E-state index contributed by atoms with van der Waals surface area (Å²) in [4.78, 5) is 22.8. The number of nitrogens with two attached hydrogens (primary N) is 1. The van der Waals surface area contributed by atoms with Crippen molar-refractivity contribution in [2.24, 2.45) is 0 Å². The molecule has 0 saturated heterocycles. The van der Waals surface area contributed by atoms with Crippen LogP contribution in [0.1, 0.15) is 0 Å². The van der Waals surface area contributed by atoms with E-state index in [1.54, 1.807) is 24.3 Å². The van der Waals surface area contributed by atoms with Gasteiger partial charge in [-0.2, -0.15) is 0 Å². The van der Waals surface area contributed by atoms with Crippen molar-refractivity contribution in [3.05, 3.63) is 57.6 Å². The van der Waals surface area contributed by atoms with Crippen LogP contribution in [0.5, 0.6) is 5.75 Å². The number of anilines is 1. The Balaban J connectivity index is 1.67. The number of nitrogens with zero attached hydrogens (tertiary/aromatic N) is 4. The molecule has 0 fully saturated rings. The Bertz CT molecular complexity index is 1060. The Morgan fingerprint density at radius 1 is 1.31 bits per heavy atom. The molecule has 3 rings (SSSR count). The predicted molar refractivity (Wildman–Crippen MR) is 110 cm³/mol. The lowest BCUT2D eigenvalue weighted by molar-refractivity contribution is -0.384. The number of benzene rings is 2. The second-order valence-corrected chi connectivity index (χ2v) is 7.04. The lowest BCUT2D eigenvalue weighted by atomic mass is 10.2. The first-order valence-electron chi connectivity index (χ1n) is 8.10. The van der Waals surface area contributed by atoms with E-state index in [4.69, 9.17) is 22.2 Å². The number of nitrogens with one attached hydrogen (secondary N) is 1. The third kappa shape index (κ3) is 4.76. The molecule has 3 aromatic rings. The Morgan fingerprint density at radius 2 is 2.03 bits per heavy atom. The van der Waals surface area contributed by atoms with Gasteiger partial charge in [0, 0.05) is 10.6 Å². The molecule has 1 aromatic heterocycles. The normalized spacial score (nSPS) is 10.6. The predicted octanol–water partition coefficient (Wildman–Crippen LogP) is 2.96. The number of thioether (sulfide) groups is 1. The number of aromatic nitrogens is 3. The molecule has 3 N–H and O–H groups in total. The zero-order valence-electron chi connectivity index (χ0n) is 15.0. The van der Waals surface area contributed by atoms with Crippen LogP contribution >= 0.6 is 23.4 Å². The van der Waals surface area contributed by atoms with Gasteiger partial charge in [0.05, 0.1) is 23.9 Å². The van der Waals surface area contributed by atoms with Crippen molar-refractivity contribution in [2.75, 3.05) is 24.0 Å². The Kier molecular flexibility index (Phi) is 6.20. The van der Waals surface area contributed by atoms with Crippen molar-refractivity contribution < 1.29 is 14.5 Å². The molecule has 0 aliphatic carbocycles. The molecular formula is C17H15ClN6O4S. The molecule has 10 nitrogen and oxygen atoms in total. The van der Waals surface area contributed by atoms with Gasteiger partial charge in [0.2, 0.25) is 11.1 Å². The fourth-order valence-corrected chi connectivity index (χ4v) is 3.17. The highest BCUT2D eigenvalue weighted by Crippen LogP contribution is 2.29. The number of rotatable bonds is 7. The summed E-state index contributed by atoms with van der Waals surface area (Å²) in [5.41, 5.74) is 0.516. The Morgan fingerprint density at radius 3 is 2.69 bits per heavy atom. The van der Waals surface area contributed by atoms with Gasteiger partial charge in [-0.15, -0.1) is 10.2 Å². The molecule has 0 aliphatic heterocycles. The zero-order valence-corrected chi connectivity index (χ0v) is 16.6. The molecular weight excluding hydrogens is 420 g/mol. The smallest absolute Gasteiger partial charge is 0.296 e. The molecule has 12 heteroatoms. The fourth-order valence-electron chi connectivity index (χ4n) is 2.38. The van der Waals surface area contributed by atoms with E-state index in [1.165, 1.54) is 30.0 Å². The largest absolute Gasteiger partial charge is 0.496 e. The molecule has 0 aliphatic rings. The molecule has 0 saturated carbocycles. The van der Waals surface area contributed by atoms with Crippen molar-refractivity contribution in [1.29, 1.82) is 0 Å². The maximum absolute atomic E-state index is 12.2. The standard InChI is InChI=1S/C17H15ClN6O4S/c1-28-12-6-7-13(14(8-12)24(26)27)20-15(25)9-29-17-22-21-16(23(17)19)10-2-4-11(18)5-3-10/h2-8H,9,19H2,1H3,(H,20,25). The SMILES string of the molecule is COc1ccc(NC(=O)CSc2nnc(-c3ccc(Cl)cc3)n2N)c([N+](=O)[O-])c1. The molecule has 0 atom stereocenters. The molecule has 0 spiro atoms. The number of hydrogen-bond acceptors (Lipinski definition) is 8. The molecule has 1 amide bonds. The summed E-state index contributed by atoms with van der Waals surface area (Å²) in [5.74, 6) is 6.21. The van der Waals surface area contributed by atoms with Crippen LogP contribution in [0.15, 0.2) is 47.6 Å². The number of ether oxygens (including phenoxy) is 1. The molecule has 2 aromatic carbocycles. The molecule has 1 heterocycles. The van der Waals surface area contributed by atoms with E-state index < -0.39 is 10.8 Å². The molecule has 0 radical (unpaired) electrons. The monoisotopic (exact) mass is 434 g/mol. The van der Waals surface area contributed by atoms with Crippen molar-refractivity contribution in [3.8, 4) is 17.1 Å². The van der Waals surface area contributed by atoms with Gasteiger partial charge < -0.3 is 15.9 Å². The van der Waals surface area contributed by atoms with Gasteiger partial charge in [-0.1, -0.05) is 23.4 Å².